The lowest BCUT2D eigenvalue weighted by atomic mass is 10.0. The van der Waals surface area contributed by atoms with E-state index in [1.807, 2.05) is 12.1 Å². The number of rotatable bonds is 3. The van der Waals surface area contributed by atoms with E-state index in [-0.39, 0.29) is 11.1 Å². The largest absolute Gasteiger partial charge is 0.321 e. The molecule has 0 aliphatic heterocycles. The molecular formula is C11H9N5. The zero-order valence-electron chi connectivity index (χ0n) is 8.64. The first-order valence-electron chi connectivity index (χ1n) is 4.97. The van der Waals surface area contributed by atoms with Crippen LogP contribution in [0.5, 0.6) is 0 Å². The van der Waals surface area contributed by atoms with E-state index in [0.717, 1.165) is 12.8 Å². The van der Waals surface area contributed by atoms with Gasteiger partial charge in [-0.2, -0.15) is 15.8 Å². The van der Waals surface area contributed by atoms with Gasteiger partial charge in [-0.05, 0) is 12.8 Å². The van der Waals surface area contributed by atoms with Gasteiger partial charge in [0.15, 0.2) is 11.4 Å². The Kier molecular flexibility index (Phi) is 2.35. The van der Waals surface area contributed by atoms with Crippen LogP contribution in [0.15, 0.2) is 6.33 Å². The van der Waals surface area contributed by atoms with Gasteiger partial charge in [-0.1, -0.05) is 0 Å². The van der Waals surface area contributed by atoms with Crippen molar-refractivity contribution in [3.8, 4) is 18.2 Å². The van der Waals surface area contributed by atoms with Gasteiger partial charge < -0.3 is 4.57 Å². The minimum absolute atomic E-state index is 0.00771. The van der Waals surface area contributed by atoms with Crippen molar-refractivity contribution in [1.82, 2.24) is 9.55 Å². The molecule has 2 rings (SSSR count). The summed E-state index contributed by atoms with van der Waals surface area (Å²) in [5, 5.41) is 26.4. The fraction of sp³-hybridized carbons (Fsp3) is 0.455. The first-order chi connectivity index (χ1) is 7.74. The van der Waals surface area contributed by atoms with Crippen LogP contribution in [0.25, 0.3) is 0 Å². The summed E-state index contributed by atoms with van der Waals surface area (Å²) < 4.78 is 1.68. The molecule has 0 unspecified atom stereocenters. The second kappa shape index (κ2) is 3.68. The predicted octanol–water partition coefficient (Wildman–Crippen LogP) is 1.32. The first-order valence-corrected chi connectivity index (χ1v) is 4.97. The van der Waals surface area contributed by atoms with Crippen LogP contribution in [-0.2, 0) is 6.54 Å². The monoisotopic (exact) mass is 211 g/mol. The Morgan fingerprint density at radius 3 is 2.56 bits per heavy atom. The third kappa shape index (κ3) is 1.62. The molecule has 0 bridgehead atoms. The van der Waals surface area contributed by atoms with Crippen LogP contribution >= 0.6 is 0 Å². The summed E-state index contributed by atoms with van der Waals surface area (Å²) in [4.78, 5) is 3.87. The Bertz CT molecular complexity index is 530. The lowest BCUT2D eigenvalue weighted by molar-refractivity contribution is 0.429. The maximum Gasteiger partial charge on any atom is 0.176 e. The third-order valence-electron chi connectivity index (χ3n) is 2.97. The second-order valence-corrected chi connectivity index (χ2v) is 4.13. The van der Waals surface area contributed by atoms with E-state index in [1.54, 1.807) is 4.57 Å². The molecule has 0 aromatic carbocycles. The molecule has 0 amide bonds. The highest BCUT2D eigenvalue weighted by molar-refractivity contribution is 5.36. The maximum absolute atomic E-state index is 8.94. The molecule has 78 valence electrons. The van der Waals surface area contributed by atoms with Crippen LogP contribution in [0.4, 0.5) is 0 Å². The van der Waals surface area contributed by atoms with Crippen molar-refractivity contribution in [2.24, 2.45) is 5.41 Å². The van der Waals surface area contributed by atoms with Crippen molar-refractivity contribution in [3.63, 3.8) is 0 Å². The zero-order valence-corrected chi connectivity index (χ0v) is 8.64. The van der Waals surface area contributed by atoms with E-state index >= 15 is 0 Å². The first kappa shape index (κ1) is 10.2. The van der Waals surface area contributed by atoms with Gasteiger partial charge in [-0.25, -0.2) is 4.98 Å². The molecule has 0 radical (unpaired) electrons. The van der Waals surface area contributed by atoms with Crippen molar-refractivity contribution in [2.45, 2.75) is 25.8 Å². The molecule has 0 atom stereocenters. The summed E-state index contributed by atoms with van der Waals surface area (Å²) in [6.07, 6.45) is 4.02. The Morgan fingerprint density at radius 1 is 1.31 bits per heavy atom. The molecule has 1 aliphatic carbocycles. The van der Waals surface area contributed by atoms with Crippen LogP contribution in [0.1, 0.15) is 30.7 Å². The van der Waals surface area contributed by atoms with E-state index in [0.29, 0.717) is 18.7 Å². The van der Waals surface area contributed by atoms with Crippen LogP contribution in [0.2, 0.25) is 0 Å². The smallest absolute Gasteiger partial charge is 0.176 e. The highest BCUT2D eigenvalue weighted by Gasteiger charge is 2.43. The summed E-state index contributed by atoms with van der Waals surface area (Å²) >= 11 is 0. The number of hydrogen-bond donors (Lipinski definition) is 0. The van der Waals surface area contributed by atoms with Gasteiger partial charge >= 0.3 is 0 Å². The molecule has 1 fully saturated rings. The molecule has 1 aromatic rings. The normalized spacial score (nSPS) is 15.8. The Hall–Kier alpha value is -2.32. The van der Waals surface area contributed by atoms with Crippen LogP contribution < -0.4 is 0 Å². The molecule has 1 aromatic heterocycles. The highest BCUT2D eigenvalue weighted by Crippen LogP contribution is 2.50. The minimum Gasteiger partial charge on any atom is -0.321 e. The van der Waals surface area contributed by atoms with Gasteiger partial charge in [0.1, 0.15) is 12.1 Å². The molecular weight excluding hydrogens is 202 g/mol. The van der Waals surface area contributed by atoms with E-state index in [9.17, 15) is 0 Å². The Balaban J connectivity index is 2.24. The molecule has 1 saturated carbocycles. The summed E-state index contributed by atoms with van der Waals surface area (Å²) in [6, 6.07) is 6.04. The average Bonchev–Trinajstić information content (AvgIpc) is 2.92. The van der Waals surface area contributed by atoms with Crippen LogP contribution in [-0.4, -0.2) is 9.55 Å². The second-order valence-electron chi connectivity index (χ2n) is 4.13. The summed E-state index contributed by atoms with van der Waals surface area (Å²) in [5.41, 5.74) is 0.468. The average molecular weight is 211 g/mol. The van der Waals surface area contributed by atoms with E-state index in [1.165, 1.54) is 6.33 Å². The van der Waals surface area contributed by atoms with Crippen molar-refractivity contribution < 1.29 is 0 Å². The Morgan fingerprint density at radius 2 is 2.06 bits per heavy atom. The molecule has 0 saturated heterocycles. The van der Waals surface area contributed by atoms with Gasteiger partial charge in [0.2, 0.25) is 0 Å². The van der Waals surface area contributed by atoms with E-state index in [2.05, 4.69) is 11.1 Å². The summed E-state index contributed by atoms with van der Waals surface area (Å²) in [5.74, 6) is 0. The van der Waals surface area contributed by atoms with Gasteiger partial charge in [0.25, 0.3) is 0 Å². The number of imidazole rings is 1. The Labute approximate surface area is 93.2 Å². The molecule has 5 nitrogen and oxygen atoms in total. The van der Waals surface area contributed by atoms with Crippen LogP contribution in [0, 0.1) is 39.4 Å². The van der Waals surface area contributed by atoms with Crippen molar-refractivity contribution in [3.05, 3.63) is 17.7 Å². The molecule has 1 heterocycles. The number of hydrogen-bond acceptors (Lipinski definition) is 4. The highest BCUT2D eigenvalue weighted by atomic mass is 15.1. The number of nitriles is 3. The quantitative estimate of drug-likeness (QED) is 0.754. The lowest BCUT2D eigenvalue weighted by Gasteiger charge is -2.11. The molecule has 5 heteroatoms. The minimum atomic E-state index is 0.00771. The maximum atomic E-state index is 8.94. The van der Waals surface area contributed by atoms with Crippen LogP contribution in [0.3, 0.4) is 0 Å². The van der Waals surface area contributed by atoms with E-state index < -0.39 is 0 Å². The van der Waals surface area contributed by atoms with E-state index in [4.69, 9.17) is 15.8 Å². The lowest BCUT2D eigenvalue weighted by Crippen LogP contribution is -2.12. The van der Waals surface area contributed by atoms with Gasteiger partial charge in [0.05, 0.1) is 12.4 Å². The summed E-state index contributed by atoms with van der Waals surface area (Å²) in [7, 11) is 0. The summed E-state index contributed by atoms with van der Waals surface area (Å²) in [6.45, 7) is 0.609. The fourth-order valence-corrected chi connectivity index (χ4v) is 1.80. The predicted molar refractivity (Wildman–Crippen MR) is 53.6 cm³/mol. The van der Waals surface area contributed by atoms with Crippen molar-refractivity contribution in [1.29, 1.82) is 15.8 Å². The van der Waals surface area contributed by atoms with Gasteiger partial charge in [-0.3, -0.25) is 0 Å². The number of aromatic nitrogens is 2. The molecule has 16 heavy (non-hydrogen) atoms. The number of nitrogens with zero attached hydrogens (tertiary/aromatic N) is 5. The van der Waals surface area contributed by atoms with Gasteiger partial charge in [-0.15, -0.1) is 0 Å². The molecule has 1 aliphatic rings. The SMILES string of the molecule is N#CCC1(Cn2cnc(C#N)c2C#N)CC1. The fourth-order valence-electron chi connectivity index (χ4n) is 1.80. The van der Waals surface area contributed by atoms with Gasteiger partial charge in [0, 0.05) is 18.4 Å². The topological polar surface area (TPSA) is 89.2 Å². The molecule has 0 N–H and O–H groups in total. The third-order valence-corrected chi connectivity index (χ3v) is 2.97. The van der Waals surface area contributed by atoms with Crippen molar-refractivity contribution in [2.75, 3.05) is 0 Å². The standard InChI is InChI=1S/C11H9N5/c12-4-3-11(1-2-11)7-16-8-15-9(5-13)10(16)6-14/h8H,1-3,7H2. The van der Waals surface area contributed by atoms with Crippen molar-refractivity contribution >= 4 is 0 Å². The molecule has 0 spiro atoms. The zero-order chi connectivity index (χ0) is 11.6.